The monoisotopic (exact) mass is 416 g/mol. The van der Waals surface area contributed by atoms with Crippen molar-refractivity contribution in [2.24, 2.45) is 5.41 Å². The normalized spacial score (nSPS) is 10.5. The van der Waals surface area contributed by atoms with Gasteiger partial charge in [-0.2, -0.15) is 0 Å². The molecule has 2 heterocycles. The summed E-state index contributed by atoms with van der Waals surface area (Å²) in [5, 5.41) is 2.97. The van der Waals surface area contributed by atoms with Gasteiger partial charge in [-0.05, 0) is 24.5 Å². The van der Waals surface area contributed by atoms with E-state index in [0.29, 0.717) is 6.54 Å². The largest absolute Gasteiger partial charge is 0.351 e. The third-order valence-electron chi connectivity index (χ3n) is 2.98. The molecule has 1 N–H and O–H groups in total. The van der Waals surface area contributed by atoms with Gasteiger partial charge in [0.15, 0.2) is 5.13 Å². The van der Waals surface area contributed by atoms with Crippen LogP contribution in [0.25, 0.3) is 0 Å². The summed E-state index contributed by atoms with van der Waals surface area (Å²) in [7, 11) is -1.16. The van der Waals surface area contributed by atoms with Crippen LogP contribution in [0.2, 0.25) is 0 Å². The van der Waals surface area contributed by atoms with E-state index in [2.05, 4.69) is 19.6 Å². The SMILES string of the molecule is C.CC.Cc1csc(N(C)CC(C)(C)CNS(C)(=O)=O)n1.c1ccncc1. The number of rotatable bonds is 6. The molecule has 27 heavy (non-hydrogen) atoms. The molecule has 8 heteroatoms. The highest BCUT2D eigenvalue weighted by Crippen LogP contribution is 2.23. The first-order valence-electron chi connectivity index (χ1n) is 8.52. The summed E-state index contributed by atoms with van der Waals surface area (Å²) in [6, 6.07) is 5.72. The second kappa shape index (κ2) is 13.6. The molecule has 0 fully saturated rings. The molecule has 0 aliphatic heterocycles. The third-order valence-corrected chi connectivity index (χ3v) is 4.72. The Balaban J connectivity index is 0. The van der Waals surface area contributed by atoms with E-state index in [0.717, 1.165) is 17.4 Å². The quantitative estimate of drug-likeness (QED) is 0.763. The first-order valence-corrected chi connectivity index (χ1v) is 11.3. The molecule has 6 nitrogen and oxygen atoms in total. The summed E-state index contributed by atoms with van der Waals surface area (Å²) in [6.45, 7) is 11.2. The fourth-order valence-electron chi connectivity index (χ4n) is 1.92. The lowest BCUT2D eigenvalue weighted by Gasteiger charge is -2.30. The van der Waals surface area contributed by atoms with E-state index in [1.807, 2.05) is 65.2 Å². The molecule has 0 amide bonds. The van der Waals surface area contributed by atoms with Gasteiger partial charge in [-0.25, -0.2) is 18.1 Å². The Morgan fingerprint density at radius 3 is 2.07 bits per heavy atom. The van der Waals surface area contributed by atoms with E-state index in [9.17, 15) is 8.42 Å². The van der Waals surface area contributed by atoms with Crippen LogP contribution in [0.3, 0.4) is 0 Å². The van der Waals surface area contributed by atoms with Gasteiger partial charge < -0.3 is 4.90 Å². The first-order chi connectivity index (χ1) is 12.1. The van der Waals surface area contributed by atoms with Crippen molar-refractivity contribution in [3.63, 3.8) is 0 Å². The van der Waals surface area contributed by atoms with E-state index in [-0.39, 0.29) is 12.8 Å². The lowest BCUT2D eigenvalue weighted by Crippen LogP contribution is -2.40. The van der Waals surface area contributed by atoms with Gasteiger partial charge in [-0.3, -0.25) is 4.98 Å². The highest BCUT2D eigenvalue weighted by Gasteiger charge is 2.22. The molecule has 2 rings (SSSR count). The van der Waals surface area contributed by atoms with Gasteiger partial charge in [-0.1, -0.05) is 41.2 Å². The second-order valence-electron chi connectivity index (χ2n) is 6.41. The lowest BCUT2D eigenvalue weighted by atomic mass is 9.93. The Hall–Kier alpha value is -1.51. The zero-order chi connectivity index (χ0) is 20.2. The molecule has 0 saturated heterocycles. The zero-order valence-corrected chi connectivity index (χ0v) is 18.5. The number of aromatic nitrogens is 2. The Kier molecular flexibility index (Phi) is 14.0. The zero-order valence-electron chi connectivity index (χ0n) is 16.9. The summed E-state index contributed by atoms with van der Waals surface area (Å²) in [6.07, 6.45) is 4.68. The maximum atomic E-state index is 11.1. The summed E-state index contributed by atoms with van der Waals surface area (Å²) >= 11 is 1.60. The van der Waals surface area contributed by atoms with E-state index < -0.39 is 10.0 Å². The van der Waals surface area contributed by atoms with E-state index in [1.54, 1.807) is 23.7 Å². The van der Waals surface area contributed by atoms with Gasteiger partial charge in [0, 0.05) is 37.9 Å². The maximum absolute atomic E-state index is 11.1. The number of nitrogens with one attached hydrogen (secondary N) is 1. The van der Waals surface area contributed by atoms with Crippen molar-refractivity contribution in [1.29, 1.82) is 0 Å². The molecule has 0 aliphatic rings. The second-order valence-corrected chi connectivity index (χ2v) is 9.08. The molecular formula is C19H36N4O2S2. The van der Waals surface area contributed by atoms with Crippen molar-refractivity contribution in [2.45, 2.75) is 42.0 Å². The van der Waals surface area contributed by atoms with Crippen LogP contribution in [0.15, 0.2) is 36.0 Å². The molecule has 0 saturated carbocycles. The van der Waals surface area contributed by atoms with E-state index in [1.165, 1.54) is 6.26 Å². The Labute approximate surface area is 170 Å². The smallest absolute Gasteiger partial charge is 0.208 e. The fourth-order valence-corrected chi connectivity index (χ4v) is 3.34. The highest BCUT2D eigenvalue weighted by atomic mass is 32.2. The van der Waals surface area contributed by atoms with Crippen LogP contribution in [-0.4, -0.2) is 44.8 Å². The average molecular weight is 417 g/mol. The van der Waals surface area contributed by atoms with Crippen molar-refractivity contribution < 1.29 is 8.42 Å². The Morgan fingerprint density at radius 1 is 1.19 bits per heavy atom. The molecule has 0 aromatic carbocycles. The van der Waals surface area contributed by atoms with Crippen LogP contribution in [0.4, 0.5) is 5.13 Å². The number of nitrogens with zero attached hydrogens (tertiary/aromatic N) is 3. The number of thiazole rings is 1. The van der Waals surface area contributed by atoms with Crippen LogP contribution < -0.4 is 9.62 Å². The fraction of sp³-hybridized carbons (Fsp3) is 0.579. The standard InChI is InChI=1S/C11H21N3O2S2.C5H5N.C2H6.CH4/c1-9-6-17-10(13-9)14(4)8-11(2,3)7-12-18(5,15)16;1-2-4-6-5-3-1;1-2;/h6,12H,7-8H2,1-5H3;1-5H;1-2H3;1H4. The molecule has 0 unspecified atom stereocenters. The molecule has 2 aromatic rings. The van der Waals surface area contributed by atoms with E-state index in [4.69, 9.17) is 0 Å². The summed E-state index contributed by atoms with van der Waals surface area (Å²) in [4.78, 5) is 10.3. The molecule has 0 bridgehead atoms. The van der Waals surface area contributed by atoms with Crippen LogP contribution >= 0.6 is 11.3 Å². The van der Waals surface area contributed by atoms with Crippen LogP contribution in [-0.2, 0) is 10.0 Å². The number of hydrogen-bond donors (Lipinski definition) is 1. The number of pyridine rings is 1. The predicted octanol–water partition coefficient (Wildman–Crippen LogP) is 4.21. The average Bonchev–Trinajstić information content (AvgIpc) is 3.03. The van der Waals surface area contributed by atoms with Gasteiger partial charge in [0.1, 0.15) is 0 Å². The van der Waals surface area contributed by atoms with Crippen molar-refractivity contribution in [3.8, 4) is 0 Å². The predicted molar refractivity (Wildman–Crippen MR) is 119 cm³/mol. The number of hydrogen-bond acceptors (Lipinski definition) is 6. The molecule has 156 valence electrons. The highest BCUT2D eigenvalue weighted by molar-refractivity contribution is 7.88. The minimum absolute atomic E-state index is 0. The number of aryl methyl sites for hydroxylation is 1. The van der Waals surface area contributed by atoms with Gasteiger partial charge in [-0.15, -0.1) is 11.3 Å². The van der Waals surface area contributed by atoms with E-state index >= 15 is 0 Å². The maximum Gasteiger partial charge on any atom is 0.208 e. The molecule has 0 spiro atoms. The summed E-state index contributed by atoms with van der Waals surface area (Å²) in [5.41, 5.74) is 0.853. The van der Waals surface area contributed by atoms with Gasteiger partial charge in [0.2, 0.25) is 10.0 Å². The van der Waals surface area contributed by atoms with Crippen LogP contribution in [0.1, 0.15) is 40.8 Å². The third kappa shape index (κ3) is 14.2. The Bertz CT molecular complexity index is 675. The van der Waals surface area contributed by atoms with Crippen LogP contribution in [0, 0.1) is 12.3 Å². The van der Waals surface area contributed by atoms with Gasteiger partial charge >= 0.3 is 0 Å². The Morgan fingerprint density at radius 2 is 1.74 bits per heavy atom. The molecule has 0 atom stereocenters. The van der Waals surface area contributed by atoms with Crippen molar-refractivity contribution >= 4 is 26.5 Å². The van der Waals surface area contributed by atoms with Crippen molar-refractivity contribution in [2.75, 3.05) is 31.3 Å². The van der Waals surface area contributed by atoms with Crippen LogP contribution in [0.5, 0.6) is 0 Å². The number of anilines is 1. The first kappa shape index (κ1) is 27.7. The minimum Gasteiger partial charge on any atom is -0.351 e. The summed E-state index contributed by atoms with van der Waals surface area (Å²) in [5.74, 6) is 0. The topological polar surface area (TPSA) is 75.2 Å². The van der Waals surface area contributed by atoms with Gasteiger partial charge in [0.05, 0.1) is 11.9 Å². The van der Waals surface area contributed by atoms with Crippen molar-refractivity contribution in [3.05, 3.63) is 41.7 Å². The lowest BCUT2D eigenvalue weighted by molar-refractivity contribution is 0.369. The van der Waals surface area contributed by atoms with Crippen molar-refractivity contribution in [1.82, 2.24) is 14.7 Å². The molecule has 0 radical (unpaired) electrons. The number of sulfonamides is 1. The minimum atomic E-state index is -3.14. The molecule has 2 aromatic heterocycles. The summed E-state index contributed by atoms with van der Waals surface area (Å²) < 4.78 is 24.8. The molecular weight excluding hydrogens is 380 g/mol. The van der Waals surface area contributed by atoms with Gasteiger partial charge in [0.25, 0.3) is 0 Å². The molecule has 0 aliphatic carbocycles.